The van der Waals surface area contributed by atoms with Crippen molar-refractivity contribution in [2.24, 2.45) is 11.8 Å². The Morgan fingerprint density at radius 1 is 1.03 bits per heavy atom. The highest BCUT2D eigenvalue weighted by Gasteiger charge is 2.37. The van der Waals surface area contributed by atoms with Crippen LogP contribution in [0.4, 0.5) is 5.69 Å². The molecule has 0 aromatic heterocycles. The topological polar surface area (TPSA) is 59.1 Å². The second kappa shape index (κ2) is 9.00. The van der Waals surface area contributed by atoms with Gasteiger partial charge in [-0.25, -0.2) is 4.79 Å². The summed E-state index contributed by atoms with van der Waals surface area (Å²) in [7, 11) is 0. The Balaban J connectivity index is 1.51. The van der Waals surface area contributed by atoms with E-state index in [0.29, 0.717) is 18.7 Å². The van der Waals surface area contributed by atoms with E-state index in [1.54, 1.807) is 12.1 Å². The zero-order valence-corrected chi connectivity index (χ0v) is 19.6. The lowest BCUT2D eigenvalue weighted by Gasteiger charge is -2.39. The van der Waals surface area contributed by atoms with Crippen LogP contribution in [0.25, 0.3) is 0 Å². The number of likely N-dealkylation sites (tertiary alicyclic amines) is 1. The van der Waals surface area contributed by atoms with Gasteiger partial charge in [-0.05, 0) is 70.4 Å². The SMILES string of the molecule is CC1C2=C(C=CC1C(=O)N1CCCCC1)N(c1ccc(C(=O)OC(C)(C)C)cc1)CCO2. The summed E-state index contributed by atoms with van der Waals surface area (Å²) in [6.45, 7) is 10.7. The first kappa shape index (κ1) is 22.4. The Morgan fingerprint density at radius 3 is 2.38 bits per heavy atom. The third kappa shape index (κ3) is 4.69. The van der Waals surface area contributed by atoms with Crippen LogP contribution in [0.2, 0.25) is 0 Å². The first-order chi connectivity index (χ1) is 15.2. The second-order valence-corrected chi connectivity index (χ2v) is 9.86. The number of anilines is 1. The van der Waals surface area contributed by atoms with Gasteiger partial charge in [0.2, 0.25) is 5.91 Å². The van der Waals surface area contributed by atoms with Crippen molar-refractivity contribution in [3.05, 3.63) is 53.4 Å². The summed E-state index contributed by atoms with van der Waals surface area (Å²) in [5.41, 5.74) is 2.00. The molecule has 0 N–H and O–H groups in total. The summed E-state index contributed by atoms with van der Waals surface area (Å²) in [5, 5.41) is 0. The molecule has 1 amide bonds. The lowest BCUT2D eigenvalue weighted by atomic mass is 9.84. The zero-order valence-electron chi connectivity index (χ0n) is 19.6. The largest absolute Gasteiger partial charge is 0.494 e. The van der Waals surface area contributed by atoms with E-state index in [4.69, 9.17) is 9.47 Å². The Kier molecular flexibility index (Phi) is 6.31. The molecule has 172 valence electrons. The van der Waals surface area contributed by atoms with Gasteiger partial charge in [-0.3, -0.25) is 4.79 Å². The van der Waals surface area contributed by atoms with Crippen LogP contribution in [-0.2, 0) is 14.3 Å². The number of amides is 1. The highest BCUT2D eigenvalue weighted by molar-refractivity contribution is 5.90. The van der Waals surface area contributed by atoms with E-state index in [2.05, 4.69) is 11.8 Å². The van der Waals surface area contributed by atoms with Crippen molar-refractivity contribution < 1.29 is 19.1 Å². The third-order valence-corrected chi connectivity index (χ3v) is 6.30. The van der Waals surface area contributed by atoms with E-state index in [-0.39, 0.29) is 23.7 Å². The van der Waals surface area contributed by atoms with E-state index in [9.17, 15) is 9.59 Å². The predicted octanol–water partition coefficient (Wildman–Crippen LogP) is 4.52. The van der Waals surface area contributed by atoms with Gasteiger partial charge in [-0.1, -0.05) is 13.0 Å². The Bertz CT molecular complexity index is 920. The standard InChI is InChI=1S/C26H34N2O4/c1-18-21(24(29)27-14-6-5-7-15-27)12-13-22-23(18)31-17-16-28(22)20-10-8-19(9-11-20)25(30)32-26(2,3)4/h8-13,18,21H,5-7,14-17H2,1-4H3. The van der Waals surface area contributed by atoms with Crippen LogP contribution in [0.3, 0.4) is 0 Å². The van der Waals surface area contributed by atoms with Crippen molar-refractivity contribution in [3.8, 4) is 0 Å². The molecule has 0 spiro atoms. The number of piperidine rings is 1. The minimum Gasteiger partial charge on any atom is -0.494 e. The number of allylic oxidation sites excluding steroid dienone is 2. The summed E-state index contributed by atoms with van der Waals surface area (Å²) < 4.78 is 11.5. The molecule has 4 rings (SSSR count). The average molecular weight is 439 g/mol. The first-order valence-electron chi connectivity index (χ1n) is 11.7. The summed E-state index contributed by atoms with van der Waals surface area (Å²) in [5.74, 6) is 0.582. The molecule has 2 unspecified atom stereocenters. The number of carbonyl (C=O) groups excluding carboxylic acids is 2. The number of carbonyl (C=O) groups is 2. The van der Waals surface area contributed by atoms with Gasteiger partial charge < -0.3 is 19.3 Å². The molecule has 2 heterocycles. The number of esters is 1. The van der Waals surface area contributed by atoms with Gasteiger partial charge in [0.05, 0.1) is 23.7 Å². The number of rotatable bonds is 3. The molecule has 3 aliphatic rings. The van der Waals surface area contributed by atoms with Crippen LogP contribution < -0.4 is 4.90 Å². The highest BCUT2D eigenvalue weighted by Crippen LogP contribution is 2.37. The quantitative estimate of drug-likeness (QED) is 0.649. The van der Waals surface area contributed by atoms with Crippen molar-refractivity contribution in [2.45, 2.75) is 52.6 Å². The van der Waals surface area contributed by atoms with Gasteiger partial charge in [0.1, 0.15) is 18.0 Å². The fourth-order valence-electron chi connectivity index (χ4n) is 4.64. The smallest absolute Gasteiger partial charge is 0.338 e. The monoisotopic (exact) mass is 438 g/mol. The normalized spacial score (nSPS) is 23.5. The summed E-state index contributed by atoms with van der Waals surface area (Å²) in [4.78, 5) is 29.7. The van der Waals surface area contributed by atoms with E-state index in [1.807, 2.05) is 50.0 Å². The first-order valence-corrected chi connectivity index (χ1v) is 11.7. The van der Waals surface area contributed by atoms with E-state index in [0.717, 1.165) is 43.1 Å². The maximum Gasteiger partial charge on any atom is 0.338 e. The van der Waals surface area contributed by atoms with E-state index < -0.39 is 5.60 Å². The average Bonchev–Trinajstić information content (AvgIpc) is 2.78. The Labute approximate surface area is 190 Å². The molecule has 1 saturated heterocycles. The lowest BCUT2D eigenvalue weighted by molar-refractivity contribution is -0.136. The van der Waals surface area contributed by atoms with Gasteiger partial charge in [-0.15, -0.1) is 0 Å². The van der Waals surface area contributed by atoms with Crippen LogP contribution in [-0.4, -0.2) is 48.6 Å². The third-order valence-electron chi connectivity index (χ3n) is 6.30. The predicted molar refractivity (Wildman–Crippen MR) is 124 cm³/mol. The second-order valence-electron chi connectivity index (χ2n) is 9.86. The van der Waals surface area contributed by atoms with Crippen LogP contribution >= 0.6 is 0 Å². The molecule has 6 heteroatoms. The number of hydrogen-bond acceptors (Lipinski definition) is 5. The van der Waals surface area contributed by atoms with Gasteiger partial charge >= 0.3 is 5.97 Å². The molecule has 0 radical (unpaired) electrons. The molecule has 1 fully saturated rings. The van der Waals surface area contributed by atoms with Crippen molar-refractivity contribution in [1.82, 2.24) is 4.90 Å². The Morgan fingerprint density at radius 2 is 1.72 bits per heavy atom. The summed E-state index contributed by atoms with van der Waals surface area (Å²) in [6, 6.07) is 7.49. The minimum atomic E-state index is -0.523. The molecule has 0 saturated carbocycles. The molecule has 1 aromatic rings. The van der Waals surface area contributed by atoms with Crippen molar-refractivity contribution in [2.75, 3.05) is 31.1 Å². The van der Waals surface area contributed by atoms with Crippen LogP contribution in [0, 0.1) is 11.8 Å². The molecular weight excluding hydrogens is 404 g/mol. The fourth-order valence-corrected chi connectivity index (χ4v) is 4.64. The molecular formula is C26H34N2O4. The van der Waals surface area contributed by atoms with Gasteiger partial charge in [0.15, 0.2) is 0 Å². The van der Waals surface area contributed by atoms with Gasteiger partial charge in [-0.2, -0.15) is 0 Å². The fraction of sp³-hybridized carbons (Fsp3) is 0.538. The van der Waals surface area contributed by atoms with Gasteiger partial charge in [0.25, 0.3) is 0 Å². The van der Waals surface area contributed by atoms with Crippen LogP contribution in [0.15, 0.2) is 47.9 Å². The molecule has 2 aliphatic heterocycles. The molecule has 1 aromatic carbocycles. The highest BCUT2D eigenvalue weighted by atomic mass is 16.6. The van der Waals surface area contributed by atoms with Gasteiger partial charge in [0, 0.05) is 24.7 Å². The molecule has 6 nitrogen and oxygen atoms in total. The molecule has 32 heavy (non-hydrogen) atoms. The van der Waals surface area contributed by atoms with Crippen LogP contribution in [0.5, 0.6) is 0 Å². The maximum absolute atomic E-state index is 13.1. The number of hydrogen-bond donors (Lipinski definition) is 0. The number of benzene rings is 1. The maximum atomic E-state index is 13.1. The van der Waals surface area contributed by atoms with Crippen molar-refractivity contribution in [3.63, 3.8) is 0 Å². The molecule has 1 aliphatic carbocycles. The molecule has 2 atom stereocenters. The summed E-state index contributed by atoms with van der Waals surface area (Å²) in [6.07, 6.45) is 7.46. The molecule has 0 bridgehead atoms. The van der Waals surface area contributed by atoms with Crippen molar-refractivity contribution >= 4 is 17.6 Å². The van der Waals surface area contributed by atoms with E-state index >= 15 is 0 Å². The number of ether oxygens (including phenoxy) is 2. The summed E-state index contributed by atoms with van der Waals surface area (Å²) >= 11 is 0. The zero-order chi connectivity index (χ0) is 22.9. The lowest BCUT2D eigenvalue weighted by Crippen LogP contribution is -2.44. The van der Waals surface area contributed by atoms with Crippen molar-refractivity contribution in [1.29, 1.82) is 0 Å². The number of nitrogens with zero attached hydrogens (tertiary/aromatic N) is 2. The Hall–Kier alpha value is -2.76. The minimum absolute atomic E-state index is 0.00624. The van der Waals surface area contributed by atoms with E-state index in [1.165, 1.54) is 6.42 Å². The van der Waals surface area contributed by atoms with Crippen LogP contribution in [0.1, 0.15) is 57.3 Å².